The van der Waals surface area contributed by atoms with Crippen molar-refractivity contribution in [3.8, 4) is 22.5 Å². The molecule has 0 saturated carbocycles. The van der Waals surface area contributed by atoms with Gasteiger partial charge in [-0.1, -0.05) is 59.7 Å². The highest BCUT2D eigenvalue weighted by atomic mass is 16.5. The van der Waals surface area contributed by atoms with Gasteiger partial charge in [0.25, 0.3) is 5.91 Å². The zero-order valence-electron chi connectivity index (χ0n) is 18.7. The smallest absolute Gasteiger partial charge is 0.251 e. The van der Waals surface area contributed by atoms with Gasteiger partial charge >= 0.3 is 0 Å². The second-order valence-corrected chi connectivity index (χ2v) is 7.96. The molecule has 3 aromatic carbocycles. The first-order valence-corrected chi connectivity index (χ1v) is 10.8. The fourth-order valence-corrected chi connectivity index (χ4v) is 3.54. The van der Waals surface area contributed by atoms with E-state index in [-0.39, 0.29) is 5.91 Å². The number of hydrogen-bond donors (Lipinski definition) is 1. The minimum atomic E-state index is -0.121. The highest BCUT2D eigenvalue weighted by Gasteiger charge is 2.15. The Labute approximate surface area is 188 Å². The summed E-state index contributed by atoms with van der Waals surface area (Å²) in [5.74, 6) is -0.121. The van der Waals surface area contributed by atoms with Crippen molar-refractivity contribution in [2.24, 2.45) is 0 Å². The Morgan fingerprint density at radius 1 is 0.812 bits per heavy atom. The molecule has 1 amide bonds. The molecule has 5 heteroatoms. The highest BCUT2D eigenvalue weighted by molar-refractivity contribution is 5.98. The molecule has 0 aliphatic rings. The van der Waals surface area contributed by atoms with E-state index in [1.165, 1.54) is 11.1 Å². The molecule has 0 aliphatic heterocycles. The average molecular weight is 426 g/mol. The Balaban J connectivity index is 1.77. The molecule has 1 aromatic heterocycles. The lowest BCUT2D eigenvalue weighted by Gasteiger charge is -2.12. The molecule has 0 bridgehead atoms. The van der Waals surface area contributed by atoms with Crippen molar-refractivity contribution in [3.05, 3.63) is 83.4 Å². The van der Waals surface area contributed by atoms with E-state index in [4.69, 9.17) is 14.7 Å². The first kappa shape index (κ1) is 21.7. The van der Waals surface area contributed by atoms with Gasteiger partial charge in [-0.25, -0.2) is 9.97 Å². The van der Waals surface area contributed by atoms with Crippen LogP contribution in [0.25, 0.3) is 33.5 Å². The van der Waals surface area contributed by atoms with Gasteiger partial charge in [0.1, 0.15) is 0 Å². The maximum absolute atomic E-state index is 12.6. The van der Waals surface area contributed by atoms with Crippen molar-refractivity contribution in [1.82, 2.24) is 15.3 Å². The number of fused-ring (bicyclic) bond motifs is 1. The average Bonchev–Trinajstić information content (AvgIpc) is 2.81. The topological polar surface area (TPSA) is 64.1 Å². The van der Waals surface area contributed by atoms with E-state index in [0.717, 1.165) is 34.5 Å². The predicted octanol–water partition coefficient (Wildman–Crippen LogP) is 5.35. The molecule has 162 valence electrons. The molecule has 0 spiro atoms. The fraction of sp³-hybridized carbons (Fsp3) is 0.222. The van der Waals surface area contributed by atoms with E-state index in [1.54, 1.807) is 13.2 Å². The Bertz CT molecular complexity index is 1230. The van der Waals surface area contributed by atoms with E-state index in [0.29, 0.717) is 24.2 Å². The molecule has 32 heavy (non-hydrogen) atoms. The Kier molecular flexibility index (Phi) is 6.57. The molecule has 4 aromatic rings. The molecule has 0 fully saturated rings. The van der Waals surface area contributed by atoms with Crippen LogP contribution in [0.15, 0.2) is 66.7 Å². The van der Waals surface area contributed by atoms with Crippen molar-refractivity contribution in [2.75, 3.05) is 20.3 Å². The van der Waals surface area contributed by atoms with Gasteiger partial charge in [0.2, 0.25) is 0 Å². The summed E-state index contributed by atoms with van der Waals surface area (Å²) in [6, 6.07) is 22.1. The molecule has 4 rings (SSSR count). The zero-order chi connectivity index (χ0) is 22.5. The Morgan fingerprint density at radius 3 is 1.94 bits per heavy atom. The third-order valence-corrected chi connectivity index (χ3v) is 5.39. The molecule has 0 saturated heterocycles. The van der Waals surface area contributed by atoms with E-state index in [1.807, 2.05) is 12.1 Å². The second kappa shape index (κ2) is 9.71. The van der Waals surface area contributed by atoms with E-state index in [2.05, 4.69) is 67.7 Å². The molecule has 0 atom stereocenters. The van der Waals surface area contributed by atoms with Crippen LogP contribution >= 0.6 is 0 Å². The van der Waals surface area contributed by atoms with Gasteiger partial charge in [0.15, 0.2) is 0 Å². The summed E-state index contributed by atoms with van der Waals surface area (Å²) in [6.45, 7) is 5.31. The fourth-order valence-electron chi connectivity index (χ4n) is 3.54. The quantitative estimate of drug-likeness (QED) is 0.406. The van der Waals surface area contributed by atoms with Crippen LogP contribution in [0.1, 0.15) is 27.9 Å². The van der Waals surface area contributed by atoms with E-state index >= 15 is 0 Å². The van der Waals surface area contributed by atoms with Crippen molar-refractivity contribution in [3.63, 3.8) is 0 Å². The highest BCUT2D eigenvalue weighted by Crippen LogP contribution is 2.31. The number of ether oxygens (including phenoxy) is 1. The second-order valence-electron chi connectivity index (χ2n) is 7.96. The van der Waals surface area contributed by atoms with E-state index < -0.39 is 0 Å². The molecule has 0 radical (unpaired) electrons. The molecule has 1 heterocycles. The zero-order valence-corrected chi connectivity index (χ0v) is 18.7. The van der Waals surface area contributed by atoms with Crippen LogP contribution in [-0.2, 0) is 4.74 Å². The molecular weight excluding hydrogens is 398 g/mol. The number of hydrogen-bond acceptors (Lipinski definition) is 4. The number of carbonyl (C=O) groups excluding carboxylic acids is 1. The lowest BCUT2D eigenvalue weighted by Crippen LogP contribution is -2.25. The van der Waals surface area contributed by atoms with Gasteiger partial charge in [-0.3, -0.25) is 4.79 Å². The lowest BCUT2D eigenvalue weighted by atomic mass is 10.0. The number of nitrogens with one attached hydrogen (secondary N) is 1. The summed E-state index contributed by atoms with van der Waals surface area (Å²) < 4.78 is 5.03. The Morgan fingerprint density at radius 2 is 1.38 bits per heavy atom. The number of methoxy groups -OCH3 is 1. The first-order valence-electron chi connectivity index (χ1n) is 10.8. The SMILES string of the molecule is COCCCNC(=O)c1ccc2nc(-c3ccc(C)cc3)c(-c3ccc(C)cc3)nc2c1. The van der Waals surface area contributed by atoms with Gasteiger partial charge in [0.05, 0.1) is 22.4 Å². The normalized spacial score (nSPS) is 11.0. The minimum absolute atomic E-state index is 0.121. The summed E-state index contributed by atoms with van der Waals surface area (Å²) in [7, 11) is 1.65. The molecule has 0 unspecified atom stereocenters. The van der Waals surface area contributed by atoms with Crippen molar-refractivity contribution < 1.29 is 9.53 Å². The molecule has 1 N–H and O–H groups in total. The summed E-state index contributed by atoms with van der Waals surface area (Å²) in [5, 5.41) is 2.93. The van der Waals surface area contributed by atoms with Crippen LogP contribution in [0.2, 0.25) is 0 Å². The Hall–Kier alpha value is -3.57. The number of carbonyl (C=O) groups is 1. The number of aromatic nitrogens is 2. The molecule has 5 nitrogen and oxygen atoms in total. The van der Waals surface area contributed by atoms with Crippen LogP contribution in [0, 0.1) is 13.8 Å². The van der Waals surface area contributed by atoms with Crippen LogP contribution in [0.5, 0.6) is 0 Å². The lowest BCUT2D eigenvalue weighted by molar-refractivity contribution is 0.0948. The van der Waals surface area contributed by atoms with E-state index in [9.17, 15) is 4.79 Å². The summed E-state index contributed by atoms with van der Waals surface area (Å²) in [6.07, 6.45) is 0.771. The largest absolute Gasteiger partial charge is 0.385 e. The number of benzene rings is 3. The first-order chi connectivity index (χ1) is 15.5. The maximum atomic E-state index is 12.6. The van der Waals surface area contributed by atoms with Gasteiger partial charge in [-0.2, -0.15) is 0 Å². The standard InChI is InChI=1S/C27H27N3O2/c1-18-5-9-20(10-6-18)25-26(21-11-7-19(2)8-12-21)30-24-17-22(13-14-23(24)29-25)27(31)28-15-4-16-32-3/h5-14,17H,4,15-16H2,1-3H3,(H,28,31). The van der Waals surface area contributed by atoms with Crippen LogP contribution in [0.4, 0.5) is 0 Å². The number of rotatable bonds is 7. The number of amides is 1. The minimum Gasteiger partial charge on any atom is -0.385 e. The molecule has 0 aliphatic carbocycles. The predicted molar refractivity (Wildman–Crippen MR) is 129 cm³/mol. The number of nitrogens with zero attached hydrogens (tertiary/aromatic N) is 2. The van der Waals surface area contributed by atoms with Crippen molar-refractivity contribution in [2.45, 2.75) is 20.3 Å². The number of aryl methyl sites for hydroxylation is 2. The van der Waals surface area contributed by atoms with Gasteiger partial charge in [-0.15, -0.1) is 0 Å². The van der Waals surface area contributed by atoms with Gasteiger partial charge in [-0.05, 0) is 38.5 Å². The monoisotopic (exact) mass is 425 g/mol. The third-order valence-electron chi connectivity index (χ3n) is 5.39. The van der Waals surface area contributed by atoms with Crippen LogP contribution < -0.4 is 5.32 Å². The van der Waals surface area contributed by atoms with Crippen LogP contribution in [0.3, 0.4) is 0 Å². The van der Waals surface area contributed by atoms with Crippen molar-refractivity contribution in [1.29, 1.82) is 0 Å². The summed E-state index contributed by atoms with van der Waals surface area (Å²) >= 11 is 0. The van der Waals surface area contributed by atoms with Crippen molar-refractivity contribution >= 4 is 16.9 Å². The van der Waals surface area contributed by atoms with Gasteiger partial charge in [0, 0.05) is 37.0 Å². The van der Waals surface area contributed by atoms with Gasteiger partial charge < -0.3 is 10.1 Å². The molecular formula is C27H27N3O2. The summed E-state index contributed by atoms with van der Waals surface area (Å²) in [4.78, 5) is 22.5. The maximum Gasteiger partial charge on any atom is 0.251 e. The van der Waals surface area contributed by atoms with Crippen LogP contribution in [-0.4, -0.2) is 36.1 Å². The third kappa shape index (κ3) is 4.84. The summed E-state index contributed by atoms with van der Waals surface area (Å²) in [5.41, 5.74) is 8.05.